The average molecular weight is 452 g/mol. The molecular formula is C29H41NO3. The summed E-state index contributed by atoms with van der Waals surface area (Å²) < 4.78 is 11.9. The summed E-state index contributed by atoms with van der Waals surface area (Å²) in [4.78, 5) is 5.07. The van der Waals surface area contributed by atoms with Crippen molar-refractivity contribution in [2.24, 2.45) is 5.16 Å². The number of hydrogen-bond acceptors (Lipinski definition) is 4. The molecule has 2 aromatic carbocycles. The monoisotopic (exact) mass is 451 g/mol. The molecule has 0 aromatic heterocycles. The molecule has 0 N–H and O–H groups in total. The van der Waals surface area contributed by atoms with Crippen LogP contribution in [0.2, 0.25) is 0 Å². The summed E-state index contributed by atoms with van der Waals surface area (Å²) in [7, 11) is 1.62. The Kier molecular flexibility index (Phi) is 12.2. The summed E-state index contributed by atoms with van der Waals surface area (Å²) in [5.41, 5.74) is 5.82. The van der Waals surface area contributed by atoms with Crippen LogP contribution in [0.5, 0.6) is 11.5 Å². The highest BCUT2D eigenvalue weighted by atomic mass is 16.6. The van der Waals surface area contributed by atoms with E-state index in [9.17, 15) is 0 Å². The van der Waals surface area contributed by atoms with Gasteiger partial charge in [0.15, 0.2) is 0 Å². The molecule has 0 spiro atoms. The number of hydrogen-bond donors (Lipinski definition) is 0. The van der Waals surface area contributed by atoms with Crippen molar-refractivity contribution in [2.45, 2.75) is 72.6 Å². The topological polar surface area (TPSA) is 40.0 Å². The van der Waals surface area contributed by atoms with Gasteiger partial charge >= 0.3 is 0 Å². The van der Waals surface area contributed by atoms with Gasteiger partial charge in [-0.15, -0.1) is 0 Å². The van der Waals surface area contributed by atoms with Crippen LogP contribution in [0.1, 0.15) is 74.6 Å². The molecule has 0 aliphatic carbocycles. The molecule has 0 aliphatic rings. The molecule has 33 heavy (non-hydrogen) atoms. The molecule has 0 atom stereocenters. The molecule has 0 heterocycles. The molecule has 2 aromatic rings. The quantitative estimate of drug-likeness (QED) is 0.121. The molecule has 0 saturated heterocycles. The van der Waals surface area contributed by atoms with E-state index in [0.29, 0.717) is 6.61 Å². The first-order valence-electron chi connectivity index (χ1n) is 12.3. The molecule has 180 valence electrons. The van der Waals surface area contributed by atoms with Crippen LogP contribution in [0.15, 0.2) is 53.7 Å². The summed E-state index contributed by atoms with van der Waals surface area (Å²) in [6, 6.07) is 12.8. The first-order valence-corrected chi connectivity index (χ1v) is 12.3. The summed E-state index contributed by atoms with van der Waals surface area (Å²) in [5, 5.41) is 4.25. The molecule has 0 radical (unpaired) electrons. The Labute approximate surface area is 200 Å². The summed E-state index contributed by atoms with van der Waals surface area (Å²) >= 11 is 0. The fraction of sp³-hybridized carbons (Fsp3) is 0.483. The van der Waals surface area contributed by atoms with Crippen molar-refractivity contribution in [1.29, 1.82) is 0 Å². The number of unbranched alkanes of at least 4 members (excludes halogenated alkanes) is 3. The van der Waals surface area contributed by atoms with Crippen molar-refractivity contribution < 1.29 is 14.3 Å². The van der Waals surface area contributed by atoms with Crippen LogP contribution in [0.4, 0.5) is 0 Å². The van der Waals surface area contributed by atoms with E-state index in [1.807, 2.05) is 19.1 Å². The normalized spacial score (nSPS) is 11.7. The van der Waals surface area contributed by atoms with Crippen LogP contribution in [0.25, 0.3) is 0 Å². The Morgan fingerprint density at radius 1 is 0.970 bits per heavy atom. The molecule has 0 unspecified atom stereocenters. The van der Waals surface area contributed by atoms with E-state index in [1.54, 1.807) is 7.11 Å². The Balaban J connectivity index is 1.78. The van der Waals surface area contributed by atoms with Crippen molar-refractivity contribution in [2.75, 3.05) is 20.3 Å². The number of aryl methyl sites for hydroxylation is 3. The first-order chi connectivity index (χ1) is 16.1. The molecule has 2 rings (SSSR count). The fourth-order valence-electron chi connectivity index (χ4n) is 3.85. The van der Waals surface area contributed by atoms with Crippen LogP contribution in [0, 0.1) is 13.8 Å². The van der Waals surface area contributed by atoms with Crippen LogP contribution in [-0.4, -0.2) is 26.0 Å². The van der Waals surface area contributed by atoms with Crippen LogP contribution in [-0.2, 0) is 11.3 Å². The summed E-state index contributed by atoms with van der Waals surface area (Å²) in [5.74, 6) is 1.88. The predicted octanol–water partition coefficient (Wildman–Crippen LogP) is 7.59. The second-order valence-electron chi connectivity index (χ2n) is 8.45. The predicted molar refractivity (Wildman–Crippen MR) is 139 cm³/mol. The van der Waals surface area contributed by atoms with Crippen LogP contribution < -0.4 is 9.47 Å². The van der Waals surface area contributed by atoms with Crippen molar-refractivity contribution in [3.8, 4) is 11.5 Å². The minimum absolute atomic E-state index is 0.595. The molecule has 0 saturated carbocycles. The second-order valence-corrected chi connectivity index (χ2v) is 8.45. The molecule has 0 amide bonds. The van der Waals surface area contributed by atoms with Gasteiger partial charge in [0.25, 0.3) is 0 Å². The Hall–Kier alpha value is -2.75. The zero-order valence-corrected chi connectivity index (χ0v) is 21.2. The van der Waals surface area contributed by atoms with Crippen molar-refractivity contribution in [3.05, 3.63) is 70.8 Å². The summed E-state index contributed by atoms with van der Waals surface area (Å²) in [6.45, 7) is 9.69. The van der Waals surface area contributed by atoms with Crippen molar-refractivity contribution in [1.82, 2.24) is 0 Å². The number of allylic oxidation sites excluding steroid dienone is 1. The maximum absolute atomic E-state index is 6.12. The van der Waals surface area contributed by atoms with Gasteiger partial charge in [0, 0.05) is 0 Å². The third kappa shape index (κ3) is 9.33. The minimum Gasteiger partial charge on any atom is -0.493 e. The Morgan fingerprint density at radius 3 is 2.45 bits per heavy atom. The molecule has 0 aliphatic heterocycles. The number of nitrogens with zero attached hydrogens (tertiary/aromatic N) is 1. The molecule has 4 nitrogen and oxygen atoms in total. The smallest absolute Gasteiger partial charge is 0.125 e. The van der Waals surface area contributed by atoms with E-state index in [1.165, 1.54) is 11.1 Å². The van der Waals surface area contributed by atoms with Gasteiger partial charge < -0.3 is 14.3 Å². The third-order valence-electron chi connectivity index (χ3n) is 5.60. The number of benzene rings is 2. The van der Waals surface area contributed by atoms with Crippen LogP contribution >= 0.6 is 0 Å². The summed E-state index contributed by atoms with van der Waals surface area (Å²) in [6.07, 6.45) is 11.6. The standard InChI is InChI=1S/C29H41NO3/c1-6-8-17-28(30-31-5)26-16-13-15-25(22-26)14-11-10-12-19-33-29-23(3)20-27(21-24(29)4)32-18-9-7-2/h7,9,13,15-16,20-22H,6,8,10-12,14,17-19H2,1-5H3/b9-7+,30-28?. The van der Waals surface area contributed by atoms with Crippen molar-refractivity contribution in [3.63, 3.8) is 0 Å². The number of ether oxygens (including phenoxy) is 2. The van der Waals surface area contributed by atoms with E-state index in [0.717, 1.165) is 79.9 Å². The SMILES string of the molecule is C/C=C/COc1cc(C)c(OCCCCCc2cccc(C(CCCC)=NOC)c2)c(C)c1. The van der Waals surface area contributed by atoms with Gasteiger partial charge in [-0.3, -0.25) is 0 Å². The Morgan fingerprint density at radius 2 is 1.76 bits per heavy atom. The van der Waals surface area contributed by atoms with Gasteiger partial charge in [-0.25, -0.2) is 0 Å². The lowest BCUT2D eigenvalue weighted by molar-refractivity contribution is 0.212. The van der Waals surface area contributed by atoms with E-state index in [-0.39, 0.29) is 0 Å². The van der Waals surface area contributed by atoms with Gasteiger partial charge in [-0.1, -0.05) is 48.9 Å². The maximum atomic E-state index is 6.12. The van der Waals surface area contributed by atoms with Crippen LogP contribution in [0.3, 0.4) is 0 Å². The van der Waals surface area contributed by atoms with E-state index in [2.05, 4.69) is 62.3 Å². The lowest BCUT2D eigenvalue weighted by Crippen LogP contribution is -2.03. The average Bonchev–Trinajstić information content (AvgIpc) is 2.80. The number of rotatable bonds is 15. The fourth-order valence-corrected chi connectivity index (χ4v) is 3.85. The van der Waals surface area contributed by atoms with Crippen molar-refractivity contribution >= 4 is 5.71 Å². The van der Waals surface area contributed by atoms with Gasteiger partial charge in [-0.2, -0.15) is 0 Å². The second kappa shape index (κ2) is 15.2. The molecule has 4 heteroatoms. The minimum atomic E-state index is 0.595. The molecular weight excluding hydrogens is 410 g/mol. The lowest BCUT2D eigenvalue weighted by Gasteiger charge is -2.14. The number of oxime groups is 1. The Bertz CT molecular complexity index is 878. The van der Waals surface area contributed by atoms with E-state index < -0.39 is 0 Å². The van der Waals surface area contributed by atoms with Gasteiger partial charge in [0.2, 0.25) is 0 Å². The highest BCUT2D eigenvalue weighted by Gasteiger charge is 2.08. The molecule has 0 bridgehead atoms. The first kappa shape index (κ1) is 26.5. The van der Waals surface area contributed by atoms with E-state index in [4.69, 9.17) is 14.3 Å². The third-order valence-corrected chi connectivity index (χ3v) is 5.60. The highest BCUT2D eigenvalue weighted by molar-refractivity contribution is 6.00. The van der Waals surface area contributed by atoms with Gasteiger partial charge in [0.1, 0.15) is 25.2 Å². The molecule has 0 fully saturated rings. The largest absolute Gasteiger partial charge is 0.493 e. The lowest BCUT2D eigenvalue weighted by atomic mass is 10.00. The zero-order chi connectivity index (χ0) is 23.9. The maximum Gasteiger partial charge on any atom is 0.125 e. The zero-order valence-electron chi connectivity index (χ0n) is 21.2. The van der Waals surface area contributed by atoms with Gasteiger partial charge in [-0.05, 0) is 99.7 Å². The van der Waals surface area contributed by atoms with E-state index >= 15 is 0 Å². The van der Waals surface area contributed by atoms with Gasteiger partial charge in [0.05, 0.1) is 12.3 Å². The highest BCUT2D eigenvalue weighted by Crippen LogP contribution is 2.28.